The van der Waals surface area contributed by atoms with Crippen LogP contribution in [0.2, 0.25) is 0 Å². The highest BCUT2D eigenvalue weighted by Crippen LogP contribution is 2.40. The quantitative estimate of drug-likeness (QED) is 0.686. The molecule has 0 N–H and O–H groups in total. The predicted molar refractivity (Wildman–Crippen MR) is 64.3 cm³/mol. The van der Waals surface area contributed by atoms with E-state index in [4.69, 9.17) is 9.47 Å². The molecular weight excluding hydrogens is 202 g/mol. The Kier molecular flexibility index (Phi) is 3.06. The van der Waals surface area contributed by atoms with Crippen LogP contribution in [0.5, 0.6) is 0 Å². The molecule has 2 aliphatic rings. The number of nitrogens with zero attached hydrogens (tertiary/aromatic N) is 1. The van der Waals surface area contributed by atoms with Gasteiger partial charge < -0.3 is 9.47 Å². The molecule has 2 aliphatic heterocycles. The topological polar surface area (TPSA) is 21.7 Å². The predicted octanol–water partition coefficient (Wildman–Crippen LogP) is 2.26. The molecule has 0 bridgehead atoms. The second-order valence-corrected chi connectivity index (χ2v) is 6.42. The molecule has 2 fully saturated rings. The van der Waals surface area contributed by atoms with Crippen LogP contribution in [0.1, 0.15) is 41.0 Å². The monoisotopic (exact) mass is 227 g/mol. The van der Waals surface area contributed by atoms with Crippen molar-refractivity contribution in [2.45, 2.75) is 58.4 Å². The minimum atomic E-state index is -0.303. The van der Waals surface area contributed by atoms with Crippen LogP contribution in [-0.4, -0.2) is 42.0 Å². The van der Waals surface area contributed by atoms with E-state index >= 15 is 0 Å². The van der Waals surface area contributed by atoms with E-state index in [2.05, 4.69) is 39.5 Å². The van der Waals surface area contributed by atoms with Crippen molar-refractivity contribution < 1.29 is 9.47 Å². The van der Waals surface area contributed by atoms with Gasteiger partial charge in [-0.3, -0.25) is 4.90 Å². The lowest BCUT2D eigenvalue weighted by molar-refractivity contribution is -0.148. The molecule has 0 aromatic rings. The highest BCUT2D eigenvalue weighted by molar-refractivity contribution is 4.99. The lowest BCUT2D eigenvalue weighted by Crippen LogP contribution is -2.47. The Hall–Kier alpha value is -0.120. The van der Waals surface area contributed by atoms with Gasteiger partial charge in [0.1, 0.15) is 0 Å². The van der Waals surface area contributed by atoms with Crippen molar-refractivity contribution >= 4 is 0 Å². The van der Waals surface area contributed by atoms with Gasteiger partial charge >= 0.3 is 0 Å². The van der Waals surface area contributed by atoms with E-state index in [1.807, 2.05) is 0 Å². The fraction of sp³-hybridized carbons (Fsp3) is 1.00. The SMILES string of the molecule is CC(C)C1CC2(CN1C(C)(C)C)OCCO2. The zero-order chi connectivity index (χ0) is 12.0. The first-order chi connectivity index (χ1) is 7.34. The van der Waals surface area contributed by atoms with E-state index in [1.54, 1.807) is 0 Å². The zero-order valence-corrected chi connectivity index (χ0v) is 11.2. The molecule has 0 aliphatic carbocycles. The van der Waals surface area contributed by atoms with E-state index in [0.717, 1.165) is 26.2 Å². The maximum absolute atomic E-state index is 5.84. The Morgan fingerprint density at radius 1 is 1.19 bits per heavy atom. The van der Waals surface area contributed by atoms with Gasteiger partial charge in [0.15, 0.2) is 5.79 Å². The highest BCUT2D eigenvalue weighted by Gasteiger charge is 2.51. The summed E-state index contributed by atoms with van der Waals surface area (Å²) >= 11 is 0. The summed E-state index contributed by atoms with van der Waals surface area (Å²) < 4.78 is 11.7. The van der Waals surface area contributed by atoms with Crippen LogP contribution in [0.3, 0.4) is 0 Å². The van der Waals surface area contributed by atoms with E-state index in [9.17, 15) is 0 Å². The Balaban J connectivity index is 2.17. The number of hydrogen-bond donors (Lipinski definition) is 0. The van der Waals surface area contributed by atoms with Crippen molar-refractivity contribution in [1.82, 2.24) is 4.90 Å². The van der Waals surface area contributed by atoms with Crippen LogP contribution in [0.15, 0.2) is 0 Å². The first-order valence-electron chi connectivity index (χ1n) is 6.39. The van der Waals surface area contributed by atoms with Gasteiger partial charge in [0.2, 0.25) is 0 Å². The number of likely N-dealkylation sites (tertiary alicyclic amines) is 1. The summed E-state index contributed by atoms with van der Waals surface area (Å²) in [6, 6.07) is 0.568. The van der Waals surface area contributed by atoms with Gasteiger partial charge in [-0.2, -0.15) is 0 Å². The van der Waals surface area contributed by atoms with Gasteiger partial charge in [-0.25, -0.2) is 0 Å². The van der Waals surface area contributed by atoms with Crippen molar-refractivity contribution in [3.8, 4) is 0 Å². The average Bonchev–Trinajstić information content (AvgIpc) is 2.73. The number of hydrogen-bond acceptors (Lipinski definition) is 3. The van der Waals surface area contributed by atoms with Crippen LogP contribution >= 0.6 is 0 Å². The molecule has 0 radical (unpaired) electrons. The first-order valence-corrected chi connectivity index (χ1v) is 6.39. The molecule has 0 amide bonds. The summed E-state index contributed by atoms with van der Waals surface area (Å²) in [5, 5.41) is 0. The third-order valence-corrected chi connectivity index (χ3v) is 3.78. The Bertz CT molecular complexity index is 251. The molecule has 0 aromatic carbocycles. The van der Waals surface area contributed by atoms with Crippen LogP contribution < -0.4 is 0 Å². The van der Waals surface area contributed by atoms with Gasteiger partial charge in [-0.15, -0.1) is 0 Å². The van der Waals surface area contributed by atoms with E-state index < -0.39 is 0 Å². The molecule has 0 saturated carbocycles. The van der Waals surface area contributed by atoms with Crippen LogP contribution in [0.4, 0.5) is 0 Å². The molecule has 1 unspecified atom stereocenters. The maximum atomic E-state index is 5.84. The summed E-state index contributed by atoms with van der Waals surface area (Å²) in [6.07, 6.45) is 1.02. The maximum Gasteiger partial charge on any atom is 0.182 e. The average molecular weight is 227 g/mol. The first kappa shape index (κ1) is 12.3. The smallest absolute Gasteiger partial charge is 0.182 e. The molecule has 1 spiro atoms. The van der Waals surface area contributed by atoms with E-state index in [0.29, 0.717) is 12.0 Å². The molecule has 2 heterocycles. The van der Waals surface area contributed by atoms with Crippen LogP contribution in [0.25, 0.3) is 0 Å². The van der Waals surface area contributed by atoms with Gasteiger partial charge in [0.25, 0.3) is 0 Å². The summed E-state index contributed by atoms with van der Waals surface area (Å²) in [5.41, 5.74) is 0.188. The third-order valence-electron chi connectivity index (χ3n) is 3.78. The van der Waals surface area contributed by atoms with Gasteiger partial charge in [0.05, 0.1) is 19.8 Å². The molecule has 3 heteroatoms. The number of rotatable bonds is 1. The summed E-state index contributed by atoms with van der Waals surface area (Å²) in [5.74, 6) is 0.341. The van der Waals surface area contributed by atoms with Crippen molar-refractivity contribution in [1.29, 1.82) is 0 Å². The fourth-order valence-electron chi connectivity index (χ4n) is 2.91. The van der Waals surface area contributed by atoms with Crippen molar-refractivity contribution in [2.24, 2.45) is 5.92 Å². The summed E-state index contributed by atoms with van der Waals surface area (Å²) in [4.78, 5) is 2.54. The van der Waals surface area contributed by atoms with E-state index in [1.165, 1.54) is 0 Å². The fourth-order valence-corrected chi connectivity index (χ4v) is 2.91. The second kappa shape index (κ2) is 3.97. The summed E-state index contributed by atoms with van der Waals surface area (Å²) in [6.45, 7) is 13.8. The lowest BCUT2D eigenvalue weighted by Gasteiger charge is -2.38. The molecule has 94 valence electrons. The largest absolute Gasteiger partial charge is 0.346 e. The van der Waals surface area contributed by atoms with Crippen molar-refractivity contribution in [2.75, 3.05) is 19.8 Å². The Morgan fingerprint density at radius 2 is 1.75 bits per heavy atom. The molecular formula is C13H25NO2. The van der Waals surface area contributed by atoms with Crippen LogP contribution in [-0.2, 0) is 9.47 Å². The molecule has 3 nitrogen and oxygen atoms in total. The lowest BCUT2D eigenvalue weighted by atomic mass is 9.96. The van der Waals surface area contributed by atoms with Gasteiger partial charge in [0, 0.05) is 18.0 Å². The van der Waals surface area contributed by atoms with Gasteiger partial charge in [-0.05, 0) is 26.7 Å². The normalized spacial score (nSPS) is 30.8. The molecule has 2 saturated heterocycles. The standard InChI is InChI=1S/C13H25NO2/c1-10(2)11-8-13(15-6-7-16-13)9-14(11)12(3,4)5/h10-11H,6-9H2,1-5H3. The molecule has 1 atom stereocenters. The highest BCUT2D eigenvalue weighted by atomic mass is 16.7. The molecule has 16 heavy (non-hydrogen) atoms. The second-order valence-electron chi connectivity index (χ2n) is 6.42. The van der Waals surface area contributed by atoms with Crippen molar-refractivity contribution in [3.05, 3.63) is 0 Å². The van der Waals surface area contributed by atoms with Crippen molar-refractivity contribution in [3.63, 3.8) is 0 Å². The third kappa shape index (κ3) is 2.13. The van der Waals surface area contributed by atoms with Gasteiger partial charge in [-0.1, -0.05) is 13.8 Å². The number of ether oxygens (including phenoxy) is 2. The zero-order valence-electron chi connectivity index (χ0n) is 11.2. The minimum Gasteiger partial charge on any atom is -0.346 e. The molecule has 2 rings (SSSR count). The Morgan fingerprint density at radius 3 is 2.12 bits per heavy atom. The van der Waals surface area contributed by atoms with Crippen LogP contribution in [0, 0.1) is 5.92 Å². The van der Waals surface area contributed by atoms with E-state index in [-0.39, 0.29) is 11.3 Å². The Labute approximate surface area is 99.1 Å². The molecule has 0 aromatic heterocycles. The minimum absolute atomic E-state index is 0.188. The summed E-state index contributed by atoms with van der Waals surface area (Å²) in [7, 11) is 0.